The van der Waals surface area contributed by atoms with E-state index < -0.39 is 18.9 Å². The Kier molecular flexibility index (Phi) is 5.03. The number of anilines is 1. The molecule has 0 aliphatic carbocycles. The van der Waals surface area contributed by atoms with Crippen LogP contribution in [0.1, 0.15) is 42.4 Å². The minimum absolute atomic E-state index is 0.223. The molecule has 0 radical (unpaired) electrons. The molecular formula is C17H22F2N4O. The number of pyridine rings is 1. The molecule has 0 saturated heterocycles. The van der Waals surface area contributed by atoms with Gasteiger partial charge in [-0.15, -0.1) is 0 Å². The van der Waals surface area contributed by atoms with Crippen LogP contribution in [0.2, 0.25) is 0 Å². The van der Waals surface area contributed by atoms with Gasteiger partial charge >= 0.3 is 0 Å². The molecule has 24 heavy (non-hydrogen) atoms. The smallest absolute Gasteiger partial charge is 0.283 e. The predicted octanol–water partition coefficient (Wildman–Crippen LogP) is 3.12. The monoisotopic (exact) mass is 336 g/mol. The summed E-state index contributed by atoms with van der Waals surface area (Å²) in [6.07, 6.45) is -2.44. The molecule has 4 N–H and O–H groups in total. The second kappa shape index (κ2) is 6.68. The van der Waals surface area contributed by atoms with Gasteiger partial charge < -0.3 is 5.32 Å². The van der Waals surface area contributed by atoms with Crippen LogP contribution < -0.4 is 16.6 Å². The standard InChI is InChI=1S/C17H22F2N4O/c1-9-5-13(16(24)23-20)22-15-11(9)6-10(21-8-14(18)19)7-12(15)17(2,3)4/h5-7,14,21H,8,20H2,1-4H3,(H,23,24). The maximum absolute atomic E-state index is 12.5. The van der Waals surface area contributed by atoms with E-state index in [2.05, 4.69) is 15.7 Å². The Morgan fingerprint density at radius 2 is 1.96 bits per heavy atom. The molecule has 2 aromatic rings. The highest BCUT2D eigenvalue weighted by Gasteiger charge is 2.21. The van der Waals surface area contributed by atoms with Gasteiger partial charge in [0.15, 0.2) is 0 Å². The van der Waals surface area contributed by atoms with E-state index in [9.17, 15) is 13.6 Å². The van der Waals surface area contributed by atoms with E-state index in [0.717, 1.165) is 16.5 Å². The number of aryl methyl sites for hydroxylation is 1. The van der Waals surface area contributed by atoms with Crippen molar-refractivity contribution in [3.8, 4) is 0 Å². The topological polar surface area (TPSA) is 80.0 Å². The van der Waals surface area contributed by atoms with Crippen molar-refractivity contribution in [1.82, 2.24) is 10.4 Å². The molecule has 0 fully saturated rings. The van der Waals surface area contributed by atoms with E-state index in [0.29, 0.717) is 11.2 Å². The maximum Gasteiger partial charge on any atom is 0.283 e. The highest BCUT2D eigenvalue weighted by molar-refractivity contribution is 5.97. The van der Waals surface area contributed by atoms with Crippen molar-refractivity contribution in [3.05, 3.63) is 35.0 Å². The fraction of sp³-hybridized carbons (Fsp3) is 0.412. The van der Waals surface area contributed by atoms with Gasteiger partial charge in [-0.25, -0.2) is 19.6 Å². The molecule has 2 rings (SSSR count). The average molecular weight is 336 g/mol. The minimum atomic E-state index is -2.44. The third-order valence-electron chi connectivity index (χ3n) is 3.75. The highest BCUT2D eigenvalue weighted by atomic mass is 19.3. The third kappa shape index (κ3) is 3.79. The summed E-state index contributed by atoms with van der Waals surface area (Å²) < 4.78 is 25.0. The van der Waals surface area contributed by atoms with E-state index in [-0.39, 0.29) is 11.1 Å². The Morgan fingerprint density at radius 1 is 1.29 bits per heavy atom. The number of nitrogens with zero attached hydrogens (tertiary/aromatic N) is 1. The van der Waals surface area contributed by atoms with Crippen LogP contribution in [0.4, 0.5) is 14.5 Å². The third-order valence-corrected chi connectivity index (χ3v) is 3.75. The molecule has 0 unspecified atom stereocenters. The highest BCUT2D eigenvalue weighted by Crippen LogP contribution is 2.33. The van der Waals surface area contributed by atoms with Crippen LogP contribution in [-0.2, 0) is 5.41 Å². The molecular weight excluding hydrogens is 314 g/mol. The Morgan fingerprint density at radius 3 is 2.50 bits per heavy atom. The summed E-state index contributed by atoms with van der Waals surface area (Å²) in [4.78, 5) is 16.3. The van der Waals surface area contributed by atoms with Gasteiger partial charge in [-0.2, -0.15) is 0 Å². The van der Waals surface area contributed by atoms with Crippen molar-refractivity contribution in [1.29, 1.82) is 0 Å². The van der Waals surface area contributed by atoms with Crippen molar-refractivity contribution >= 4 is 22.5 Å². The number of carbonyl (C=O) groups is 1. The van der Waals surface area contributed by atoms with E-state index in [1.165, 1.54) is 0 Å². The lowest BCUT2D eigenvalue weighted by Gasteiger charge is -2.23. The first-order valence-electron chi connectivity index (χ1n) is 7.62. The summed E-state index contributed by atoms with van der Waals surface area (Å²) in [6, 6.07) is 5.22. The van der Waals surface area contributed by atoms with Crippen LogP contribution in [0.15, 0.2) is 18.2 Å². The summed E-state index contributed by atoms with van der Waals surface area (Å²) in [5.74, 6) is 4.72. The molecule has 1 aromatic heterocycles. The molecule has 1 amide bonds. The van der Waals surface area contributed by atoms with E-state index in [1.807, 2.05) is 27.7 Å². The van der Waals surface area contributed by atoms with E-state index >= 15 is 0 Å². The molecule has 130 valence electrons. The first-order valence-corrected chi connectivity index (χ1v) is 7.62. The lowest BCUT2D eigenvalue weighted by Crippen LogP contribution is -2.31. The van der Waals surface area contributed by atoms with Gasteiger partial charge in [-0.05, 0) is 41.7 Å². The number of hydrogen-bond donors (Lipinski definition) is 3. The summed E-state index contributed by atoms with van der Waals surface area (Å²) >= 11 is 0. The zero-order chi connectivity index (χ0) is 18.1. The first kappa shape index (κ1) is 18.1. The number of amides is 1. The van der Waals surface area contributed by atoms with Gasteiger partial charge in [0.25, 0.3) is 12.3 Å². The van der Waals surface area contributed by atoms with Crippen LogP contribution in [0.5, 0.6) is 0 Å². The number of halogens is 2. The SMILES string of the molecule is Cc1cc(C(=O)NN)nc2c(C(C)(C)C)cc(NCC(F)F)cc12. The number of carbonyl (C=O) groups excluding carboxylic acids is 1. The number of hydrazine groups is 1. The van der Waals surface area contributed by atoms with Crippen LogP contribution in [-0.4, -0.2) is 23.9 Å². The molecule has 0 spiro atoms. The van der Waals surface area contributed by atoms with Crippen molar-refractivity contribution < 1.29 is 13.6 Å². The predicted molar refractivity (Wildman–Crippen MR) is 91.3 cm³/mol. The van der Waals surface area contributed by atoms with Crippen LogP contribution >= 0.6 is 0 Å². The molecule has 0 saturated carbocycles. The van der Waals surface area contributed by atoms with Crippen molar-refractivity contribution in [2.75, 3.05) is 11.9 Å². The number of fused-ring (bicyclic) bond motifs is 1. The fourth-order valence-electron chi connectivity index (χ4n) is 2.55. The molecule has 0 bridgehead atoms. The summed E-state index contributed by atoms with van der Waals surface area (Å²) in [5, 5.41) is 3.56. The Balaban J connectivity index is 2.69. The van der Waals surface area contributed by atoms with E-state index in [4.69, 9.17) is 5.84 Å². The van der Waals surface area contributed by atoms with Gasteiger partial charge in [-0.3, -0.25) is 10.2 Å². The first-order chi connectivity index (χ1) is 11.1. The number of benzene rings is 1. The number of rotatable bonds is 4. The zero-order valence-electron chi connectivity index (χ0n) is 14.2. The van der Waals surface area contributed by atoms with Gasteiger partial charge in [0, 0.05) is 11.1 Å². The summed E-state index contributed by atoms with van der Waals surface area (Å²) in [6.45, 7) is 7.44. The molecule has 5 nitrogen and oxygen atoms in total. The van der Waals surface area contributed by atoms with Gasteiger partial charge in [-0.1, -0.05) is 20.8 Å². The summed E-state index contributed by atoms with van der Waals surface area (Å²) in [5.41, 5.74) is 4.99. The quantitative estimate of drug-likeness (QED) is 0.455. The van der Waals surface area contributed by atoms with Gasteiger partial charge in [0.2, 0.25) is 0 Å². The number of nitrogen functional groups attached to an aromatic ring is 1. The Labute approximate surface area is 139 Å². The second-order valence-electron chi connectivity index (χ2n) is 6.74. The number of hydrogen-bond acceptors (Lipinski definition) is 4. The molecule has 7 heteroatoms. The molecule has 0 aliphatic rings. The van der Waals surface area contributed by atoms with Crippen molar-refractivity contribution in [2.45, 2.75) is 39.5 Å². The Hall–Kier alpha value is -2.28. The van der Waals surface area contributed by atoms with Crippen molar-refractivity contribution in [3.63, 3.8) is 0 Å². The largest absolute Gasteiger partial charge is 0.379 e. The molecule has 0 aliphatic heterocycles. The van der Waals surface area contributed by atoms with Gasteiger partial charge in [0.05, 0.1) is 12.1 Å². The van der Waals surface area contributed by atoms with Crippen LogP contribution in [0.25, 0.3) is 10.9 Å². The number of alkyl halides is 2. The van der Waals surface area contributed by atoms with Gasteiger partial charge in [0.1, 0.15) is 5.69 Å². The zero-order valence-corrected chi connectivity index (χ0v) is 14.2. The molecule has 0 atom stereocenters. The average Bonchev–Trinajstić information content (AvgIpc) is 2.50. The number of aromatic nitrogens is 1. The second-order valence-corrected chi connectivity index (χ2v) is 6.74. The van der Waals surface area contributed by atoms with Crippen LogP contribution in [0.3, 0.4) is 0 Å². The maximum atomic E-state index is 12.5. The number of nitrogens with one attached hydrogen (secondary N) is 2. The van der Waals surface area contributed by atoms with Crippen LogP contribution in [0, 0.1) is 6.92 Å². The van der Waals surface area contributed by atoms with Crippen molar-refractivity contribution in [2.24, 2.45) is 5.84 Å². The van der Waals surface area contributed by atoms with E-state index in [1.54, 1.807) is 18.2 Å². The molecule has 1 heterocycles. The minimum Gasteiger partial charge on any atom is -0.379 e. The fourth-order valence-corrected chi connectivity index (χ4v) is 2.55. The molecule has 1 aromatic carbocycles. The Bertz CT molecular complexity index is 769. The summed E-state index contributed by atoms with van der Waals surface area (Å²) in [7, 11) is 0. The lowest BCUT2D eigenvalue weighted by atomic mass is 9.84. The lowest BCUT2D eigenvalue weighted by molar-refractivity contribution is 0.0949. The number of nitrogens with two attached hydrogens (primary N) is 1. The normalized spacial score (nSPS) is 11.8.